The summed E-state index contributed by atoms with van der Waals surface area (Å²) in [6.45, 7) is 1.48. The maximum Gasteiger partial charge on any atom is 0.344 e. The van der Waals surface area contributed by atoms with E-state index in [4.69, 9.17) is 19.0 Å². The van der Waals surface area contributed by atoms with Crippen LogP contribution in [0.5, 0.6) is 11.5 Å². The fourth-order valence-electron chi connectivity index (χ4n) is 2.43. The SMILES string of the molecule is COc1cccc(-c2ocnc2CC2CC2)c1OC(C)C(=O)O. The number of aliphatic carboxylic acids is 1. The van der Waals surface area contributed by atoms with Crippen LogP contribution in [0.25, 0.3) is 11.3 Å². The van der Waals surface area contributed by atoms with Crippen LogP contribution >= 0.6 is 0 Å². The van der Waals surface area contributed by atoms with Crippen molar-refractivity contribution >= 4 is 5.97 Å². The van der Waals surface area contributed by atoms with Crippen molar-refractivity contribution in [3.8, 4) is 22.8 Å². The Bertz CT molecular complexity index is 705. The molecule has 2 aromatic rings. The Balaban J connectivity index is 2.00. The van der Waals surface area contributed by atoms with Gasteiger partial charge in [-0.15, -0.1) is 0 Å². The highest BCUT2D eigenvalue weighted by Crippen LogP contribution is 2.42. The molecule has 0 bridgehead atoms. The first-order valence-electron chi connectivity index (χ1n) is 7.59. The molecule has 3 rings (SSSR count). The molecule has 0 aliphatic heterocycles. The summed E-state index contributed by atoms with van der Waals surface area (Å²) in [5.41, 5.74) is 1.53. The van der Waals surface area contributed by atoms with Crippen molar-refractivity contribution in [3.05, 3.63) is 30.3 Å². The normalized spacial score (nSPS) is 15.2. The lowest BCUT2D eigenvalue weighted by molar-refractivity contribution is -0.144. The Hall–Kier alpha value is -2.50. The predicted molar refractivity (Wildman–Crippen MR) is 82.6 cm³/mol. The highest BCUT2D eigenvalue weighted by Gasteiger charge is 2.27. The molecule has 1 N–H and O–H groups in total. The molecule has 6 nitrogen and oxygen atoms in total. The summed E-state index contributed by atoms with van der Waals surface area (Å²) in [7, 11) is 1.52. The Morgan fingerprint density at radius 2 is 2.26 bits per heavy atom. The standard InChI is InChI=1S/C17H19NO5/c1-10(17(19)20)23-16-12(4-3-5-14(16)21-2)15-13(18-9-22-15)8-11-6-7-11/h3-5,9-11H,6-8H2,1-2H3,(H,19,20). The zero-order chi connectivity index (χ0) is 16.4. The second kappa shape index (κ2) is 6.32. The molecular formula is C17H19NO5. The molecule has 1 aromatic heterocycles. The van der Waals surface area contributed by atoms with E-state index in [1.165, 1.54) is 33.3 Å². The summed E-state index contributed by atoms with van der Waals surface area (Å²) >= 11 is 0. The lowest BCUT2D eigenvalue weighted by atomic mass is 10.1. The smallest absolute Gasteiger partial charge is 0.344 e. The van der Waals surface area contributed by atoms with Gasteiger partial charge < -0.3 is 19.0 Å². The van der Waals surface area contributed by atoms with Gasteiger partial charge in [0.2, 0.25) is 0 Å². The molecule has 6 heteroatoms. The maximum atomic E-state index is 11.1. The van der Waals surface area contributed by atoms with E-state index in [1.54, 1.807) is 6.07 Å². The summed E-state index contributed by atoms with van der Waals surface area (Å²) in [6.07, 6.45) is 3.70. The fraction of sp³-hybridized carbons (Fsp3) is 0.412. The third-order valence-corrected chi connectivity index (χ3v) is 3.91. The minimum absolute atomic E-state index is 0.360. The van der Waals surface area contributed by atoms with Crippen molar-refractivity contribution in [3.63, 3.8) is 0 Å². The second-order valence-electron chi connectivity index (χ2n) is 5.71. The summed E-state index contributed by atoms with van der Waals surface area (Å²) < 4.78 is 16.5. The third kappa shape index (κ3) is 3.31. The number of aromatic nitrogens is 1. The highest BCUT2D eigenvalue weighted by molar-refractivity contribution is 5.75. The van der Waals surface area contributed by atoms with Gasteiger partial charge >= 0.3 is 5.97 Å². The van der Waals surface area contributed by atoms with E-state index < -0.39 is 12.1 Å². The Kier molecular flexibility index (Phi) is 4.23. The minimum atomic E-state index is -1.04. The number of oxazole rings is 1. The number of nitrogens with zero attached hydrogens (tertiary/aromatic N) is 1. The Morgan fingerprint density at radius 3 is 2.91 bits per heavy atom. The first-order chi connectivity index (χ1) is 11.1. The van der Waals surface area contributed by atoms with Crippen molar-refractivity contribution in [1.82, 2.24) is 4.98 Å². The Morgan fingerprint density at radius 1 is 1.48 bits per heavy atom. The van der Waals surface area contributed by atoms with Crippen molar-refractivity contribution < 1.29 is 23.8 Å². The number of hydrogen-bond donors (Lipinski definition) is 1. The highest BCUT2D eigenvalue weighted by atomic mass is 16.5. The van der Waals surface area contributed by atoms with E-state index in [0.29, 0.717) is 28.7 Å². The molecule has 0 spiro atoms. The van der Waals surface area contributed by atoms with Gasteiger partial charge in [-0.25, -0.2) is 9.78 Å². The molecule has 0 radical (unpaired) electrons. The van der Waals surface area contributed by atoms with E-state index in [-0.39, 0.29) is 0 Å². The number of para-hydroxylation sites is 1. The van der Waals surface area contributed by atoms with E-state index in [1.807, 2.05) is 12.1 Å². The van der Waals surface area contributed by atoms with Gasteiger partial charge in [0.15, 0.2) is 29.8 Å². The predicted octanol–water partition coefficient (Wildman–Crippen LogP) is 3.15. The lowest BCUT2D eigenvalue weighted by Crippen LogP contribution is -2.23. The number of rotatable bonds is 7. The number of benzene rings is 1. The molecule has 23 heavy (non-hydrogen) atoms. The van der Waals surface area contributed by atoms with Crippen molar-refractivity contribution in [2.45, 2.75) is 32.3 Å². The van der Waals surface area contributed by atoms with Crippen LogP contribution in [0.15, 0.2) is 29.0 Å². The van der Waals surface area contributed by atoms with Gasteiger partial charge in [-0.1, -0.05) is 6.07 Å². The molecule has 1 fully saturated rings. The zero-order valence-electron chi connectivity index (χ0n) is 13.1. The van der Waals surface area contributed by atoms with E-state index >= 15 is 0 Å². The quantitative estimate of drug-likeness (QED) is 0.844. The molecule has 122 valence electrons. The molecule has 0 saturated heterocycles. The first kappa shape index (κ1) is 15.4. The Labute approximate surface area is 134 Å². The molecule has 1 unspecified atom stereocenters. The molecule has 0 amide bonds. The van der Waals surface area contributed by atoms with Crippen LogP contribution in [0, 0.1) is 5.92 Å². The van der Waals surface area contributed by atoms with Gasteiger partial charge in [-0.05, 0) is 44.2 Å². The topological polar surface area (TPSA) is 81.8 Å². The second-order valence-corrected chi connectivity index (χ2v) is 5.71. The van der Waals surface area contributed by atoms with Crippen LogP contribution in [0.4, 0.5) is 0 Å². The third-order valence-electron chi connectivity index (χ3n) is 3.91. The van der Waals surface area contributed by atoms with Crippen LogP contribution in [-0.2, 0) is 11.2 Å². The van der Waals surface area contributed by atoms with Crippen LogP contribution < -0.4 is 9.47 Å². The summed E-state index contributed by atoms with van der Waals surface area (Å²) in [4.78, 5) is 15.4. The maximum absolute atomic E-state index is 11.1. The summed E-state index contributed by atoms with van der Waals surface area (Å²) in [5, 5.41) is 9.11. The monoisotopic (exact) mass is 317 g/mol. The van der Waals surface area contributed by atoms with E-state index in [0.717, 1.165) is 12.1 Å². The zero-order valence-corrected chi connectivity index (χ0v) is 13.1. The summed E-state index contributed by atoms with van der Waals surface area (Å²) in [6, 6.07) is 5.36. The first-order valence-corrected chi connectivity index (χ1v) is 7.59. The van der Waals surface area contributed by atoms with Crippen LogP contribution in [-0.4, -0.2) is 29.3 Å². The van der Waals surface area contributed by atoms with Gasteiger partial charge in [0.25, 0.3) is 0 Å². The summed E-state index contributed by atoms with van der Waals surface area (Å²) in [5.74, 6) is 1.05. The molecule has 1 aliphatic carbocycles. The molecule has 1 aliphatic rings. The molecule has 1 atom stereocenters. The average molecular weight is 317 g/mol. The van der Waals surface area contributed by atoms with Gasteiger partial charge in [-0.2, -0.15) is 0 Å². The molecule has 1 saturated carbocycles. The van der Waals surface area contributed by atoms with Crippen molar-refractivity contribution in [2.24, 2.45) is 5.92 Å². The largest absolute Gasteiger partial charge is 0.493 e. The van der Waals surface area contributed by atoms with Gasteiger partial charge in [0, 0.05) is 0 Å². The van der Waals surface area contributed by atoms with Crippen molar-refractivity contribution in [2.75, 3.05) is 7.11 Å². The minimum Gasteiger partial charge on any atom is -0.493 e. The van der Waals surface area contributed by atoms with Crippen molar-refractivity contribution in [1.29, 1.82) is 0 Å². The molecular weight excluding hydrogens is 298 g/mol. The van der Waals surface area contributed by atoms with Gasteiger partial charge in [-0.3, -0.25) is 0 Å². The van der Waals surface area contributed by atoms with Crippen LogP contribution in [0.2, 0.25) is 0 Å². The van der Waals surface area contributed by atoms with E-state index in [2.05, 4.69) is 4.98 Å². The number of hydrogen-bond acceptors (Lipinski definition) is 5. The van der Waals surface area contributed by atoms with Crippen LogP contribution in [0.1, 0.15) is 25.5 Å². The fourth-order valence-corrected chi connectivity index (χ4v) is 2.43. The van der Waals surface area contributed by atoms with Gasteiger partial charge in [0.05, 0.1) is 18.4 Å². The average Bonchev–Trinajstić information content (AvgIpc) is 3.23. The number of carbonyl (C=O) groups is 1. The number of carboxylic acids is 1. The lowest BCUT2D eigenvalue weighted by Gasteiger charge is -2.17. The van der Waals surface area contributed by atoms with E-state index in [9.17, 15) is 4.79 Å². The number of ether oxygens (including phenoxy) is 2. The van der Waals surface area contributed by atoms with Crippen LogP contribution in [0.3, 0.4) is 0 Å². The number of carboxylic acid groups (broad SMARTS) is 1. The van der Waals surface area contributed by atoms with Gasteiger partial charge in [0.1, 0.15) is 0 Å². The number of methoxy groups -OCH3 is 1. The molecule has 1 heterocycles. The molecule has 1 aromatic carbocycles.